The van der Waals surface area contributed by atoms with Gasteiger partial charge in [0.15, 0.2) is 0 Å². The summed E-state index contributed by atoms with van der Waals surface area (Å²) in [6.45, 7) is 8.23. The van der Waals surface area contributed by atoms with Crippen LogP contribution in [-0.4, -0.2) is 43.8 Å². The zero-order valence-corrected chi connectivity index (χ0v) is 21.0. The monoisotopic (exact) mass is 474 g/mol. The summed E-state index contributed by atoms with van der Waals surface area (Å²) in [5.74, 6) is 0. The molecule has 0 aliphatic heterocycles. The second kappa shape index (κ2) is 11.1. The largest absolute Gasteiger partial charge is 0.304 e. The first-order valence-electron chi connectivity index (χ1n) is 12.2. The number of hydrogen-bond acceptors (Lipinski definition) is 3. The summed E-state index contributed by atoms with van der Waals surface area (Å²) in [7, 11) is -3.65. The zero-order valence-electron chi connectivity index (χ0n) is 20.2. The van der Waals surface area contributed by atoms with Gasteiger partial charge in [0.25, 0.3) is 0 Å². The van der Waals surface area contributed by atoms with E-state index in [4.69, 9.17) is 0 Å². The molecule has 4 aromatic rings. The summed E-state index contributed by atoms with van der Waals surface area (Å²) in [6, 6.07) is 27.6. The van der Waals surface area contributed by atoms with Gasteiger partial charge in [-0.1, -0.05) is 86.6 Å². The van der Waals surface area contributed by atoms with Gasteiger partial charge in [0.05, 0.1) is 4.90 Å². The number of fused-ring (bicyclic) bond motifs is 2. The fourth-order valence-corrected chi connectivity index (χ4v) is 6.04. The van der Waals surface area contributed by atoms with Crippen molar-refractivity contribution in [3.05, 3.63) is 90.5 Å². The van der Waals surface area contributed by atoms with E-state index in [-0.39, 0.29) is 0 Å². The molecule has 0 spiro atoms. The highest BCUT2D eigenvalue weighted by atomic mass is 32.2. The average molecular weight is 475 g/mol. The Kier molecular flexibility index (Phi) is 7.99. The second-order valence-corrected chi connectivity index (χ2v) is 10.7. The van der Waals surface area contributed by atoms with Crippen molar-refractivity contribution in [2.75, 3.05) is 26.2 Å². The van der Waals surface area contributed by atoms with Crippen molar-refractivity contribution >= 4 is 31.6 Å². The first-order chi connectivity index (χ1) is 16.5. The predicted octanol–water partition coefficient (Wildman–Crippen LogP) is 6.31. The third-order valence-electron chi connectivity index (χ3n) is 6.61. The van der Waals surface area contributed by atoms with E-state index in [0.717, 1.165) is 59.6 Å². The molecule has 0 N–H and O–H groups in total. The third kappa shape index (κ3) is 5.49. The van der Waals surface area contributed by atoms with Crippen molar-refractivity contribution in [2.24, 2.45) is 0 Å². The lowest BCUT2D eigenvalue weighted by Crippen LogP contribution is -2.32. The minimum absolute atomic E-state index is 0.357. The van der Waals surface area contributed by atoms with Gasteiger partial charge in [-0.05, 0) is 71.7 Å². The van der Waals surface area contributed by atoms with Gasteiger partial charge in [0.1, 0.15) is 0 Å². The van der Waals surface area contributed by atoms with Crippen LogP contribution in [-0.2, 0) is 16.6 Å². The van der Waals surface area contributed by atoms with Crippen molar-refractivity contribution < 1.29 is 8.42 Å². The van der Waals surface area contributed by atoms with Gasteiger partial charge in [-0.2, -0.15) is 4.31 Å². The number of benzene rings is 4. The van der Waals surface area contributed by atoms with Crippen LogP contribution in [0.1, 0.15) is 32.3 Å². The lowest BCUT2D eigenvalue weighted by atomic mass is 10.0. The normalized spacial score (nSPS) is 12.2. The van der Waals surface area contributed by atoms with Gasteiger partial charge in [-0.15, -0.1) is 0 Å². The molecule has 0 fully saturated rings. The highest BCUT2D eigenvalue weighted by Gasteiger charge is 2.25. The minimum atomic E-state index is -3.65. The molecule has 34 heavy (non-hydrogen) atoms. The molecular weight excluding hydrogens is 440 g/mol. The highest BCUT2D eigenvalue weighted by Crippen LogP contribution is 2.26. The molecule has 0 aromatic heterocycles. The van der Waals surface area contributed by atoms with Gasteiger partial charge in [0.2, 0.25) is 10.0 Å². The Labute approximate surface area is 203 Å². The molecule has 0 unspecified atom stereocenters. The average Bonchev–Trinajstić information content (AvgIpc) is 2.87. The van der Waals surface area contributed by atoms with Crippen LogP contribution < -0.4 is 0 Å². The van der Waals surface area contributed by atoms with E-state index in [0.29, 0.717) is 18.0 Å². The second-order valence-electron chi connectivity index (χ2n) is 8.72. The standard InChI is InChI=1S/C29H34N2O2S/c1-3-30(4-2)20-9-10-21-31(23-27-16-11-15-25-13-7-8-17-29(25)27)34(32,33)28-19-18-24-12-5-6-14-26(24)22-28/h5-8,11-19,22H,3-4,9-10,20-21,23H2,1-2H3. The lowest BCUT2D eigenvalue weighted by Gasteiger charge is -2.24. The molecule has 0 radical (unpaired) electrons. The molecule has 5 heteroatoms. The Morgan fingerprint density at radius 1 is 0.676 bits per heavy atom. The fraction of sp³-hybridized carbons (Fsp3) is 0.310. The summed E-state index contributed by atoms with van der Waals surface area (Å²) in [5.41, 5.74) is 1.03. The Hall–Kier alpha value is -2.73. The van der Waals surface area contributed by atoms with E-state index in [1.807, 2.05) is 54.6 Å². The molecule has 4 nitrogen and oxygen atoms in total. The first-order valence-corrected chi connectivity index (χ1v) is 13.6. The Morgan fingerprint density at radius 2 is 1.32 bits per heavy atom. The number of unbranched alkanes of at least 4 members (excludes halogenated alkanes) is 1. The highest BCUT2D eigenvalue weighted by molar-refractivity contribution is 7.89. The van der Waals surface area contributed by atoms with Crippen LogP contribution in [0.25, 0.3) is 21.5 Å². The SMILES string of the molecule is CCN(CC)CCCCN(Cc1cccc2ccccc12)S(=O)(=O)c1ccc2ccccc2c1. The van der Waals surface area contributed by atoms with Gasteiger partial charge < -0.3 is 4.90 Å². The predicted molar refractivity (Wildman–Crippen MR) is 143 cm³/mol. The van der Waals surface area contributed by atoms with Crippen LogP contribution in [0, 0.1) is 0 Å². The summed E-state index contributed by atoms with van der Waals surface area (Å²) < 4.78 is 29.4. The van der Waals surface area contributed by atoms with E-state index >= 15 is 0 Å². The number of nitrogens with zero attached hydrogens (tertiary/aromatic N) is 2. The molecule has 0 saturated carbocycles. The van der Waals surface area contributed by atoms with Crippen molar-refractivity contribution in [1.82, 2.24) is 9.21 Å². The molecule has 0 aliphatic rings. The maximum atomic E-state index is 13.9. The van der Waals surface area contributed by atoms with E-state index in [9.17, 15) is 8.42 Å². The molecule has 0 aliphatic carbocycles. The molecule has 4 rings (SSSR count). The molecule has 0 amide bonds. The summed E-state index contributed by atoms with van der Waals surface area (Å²) >= 11 is 0. The molecule has 0 atom stereocenters. The molecular formula is C29H34N2O2S. The summed E-state index contributed by atoms with van der Waals surface area (Å²) in [5, 5.41) is 4.22. The number of sulfonamides is 1. The zero-order chi connectivity index (χ0) is 24.0. The smallest absolute Gasteiger partial charge is 0.243 e. The van der Waals surface area contributed by atoms with E-state index in [2.05, 4.69) is 36.9 Å². The quantitative estimate of drug-likeness (QED) is 0.239. The van der Waals surface area contributed by atoms with Crippen LogP contribution in [0.4, 0.5) is 0 Å². The first kappa shape index (κ1) is 24.4. The van der Waals surface area contributed by atoms with Crippen molar-refractivity contribution in [2.45, 2.75) is 38.1 Å². The summed E-state index contributed by atoms with van der Waals surface area (Å²) in [4.78, 5) is 2.74. The van der Waals surface area contributed by atoms with E-state index < -0.39 is 10.0 Å². The maximum Gasteiger partial charge on any atom is 0.243 e. The molecule has 0 saturated heterocycles. The van der Waals surface area contributed by atoms with Crippen molar-refractivity contribution in [3.63, 3.8) is 0 Å². The lowest BCUT2D eigenvalue weighted by molar-refractivity contribution is 0.289. The minimum Gasteiger partial charge on any atom is -0.304 e. The molecule has 178 valence electrons. The van der Waals surface area contributed by atoms with Crippen LogP contribution in [0.3, 0.4) is 0 Å². The van der Waals surface area contributed by atoms with Crippen LogP contribution in [0.2, 0.25) is 0 Å². The molecule has 0 bridgehead atoms. The molecule has 4 aromatic carbocycles. The Bertz CT molecular complexity index is 1340. The van der Waals surface area contributed by atoms with E-state index in [1.165, 1.54) is 0 Å². The van der Waals surface area contributed by atoms with Crippen molar-refractivity contribution in [3.8, 4) is 0 Å². The molecule has 0 heterocycles. The Morgan fingerprint density at radius 3 is 2.09 bits per heavy atom. The fourth-order valence-electron chi connectivity index (χ4n) is 4.54. The topological polar surface area (TPSA) is 40.6 Å². The van der Waals surface area contributed by atoms with Crippen molar-refractivity contribution in [1.29, 1.82) is 0 Å². The van der Waals surface area contributed by atoms with E-state index in [1.54, 1.807) is 16.4 Å². The van der Waals surface area contributed by atoms with Gasteiger partial charge in [-0.25, -0.2) is 8.42 Å². The summed E-state index contributed by atoms with van der Waals surface area (Å²) in [6.07, 6.45) is 1.80. The number of hydrogen-bond donors (Lipinski definition) is 0. The maximum absolute atomic E-state index is 13.9. The van der Waals surface area contributed by atoms with Gasteiger partial charge in [-0.3, -0.25) is 0 Å². The van der Waals surface area contributed by atoms with Gasteiger partial charge in [0, 0.05) is 13.1 Å². The third-order valence-corrected chi connectivity index (χ3v) is 8.45. The van der Waals surface area contributed by atoms with Crippen LogP contribution >= 0.6 is 0 Å². The Balaban J connectivity index is 1.64. The van der Waals surface area contributed by atoms with Gasteiger partial charge >= 0.3 is 0 Å². The number of rotatable bonds is 11. The van der Waals surface area contributed by atoms with Crippen LogP contribution in [0.5, 0.6) is 0 Å². The van der Waals surface area contributed by atoms with Crippen LogP contribution in [0.15, 0.2) is 89.8 Å².